The van der Waals surface area contributed by atoms with Crippen molar-refractivity contribution in [1.29, 1.82) is 0 Å². The zero-order chi connectivity index (χ0) is 21.4. The summed E-state index contributed by atoms with van der Waals surface area (Å²) >= 11 is 6.05. The number of hydrogen-bond acceptors (Lipinski definition) is 6. The Kier molecular flexibility index (Phi) is 7.97. The molecule has 0 aromatic heterocycles. The molecule has 0 saturated carbocycles. The van der Waals surface area contributed by atoms with E-state index in [2.05, 4.69) is 10.6 Å². The molecule has 156 valence electrons. The number of ether oxygens (including phenoxy) is 4. The first kappa shape index (κ1) is 22.2. The normalized spacial score (nSPS) is 10.1. The minimum absolute atomic E-state index is 0.0565. The SMILES string of the molecule is COc1cc(OC)cc(C(=O)NCCC(=O)Nc2cc(OC)c(Cl)cc2OC)c1. The summed E-state index contributed by atoms with van der Waals surface area (Å²) in [7, 11) is 5.94. The van der Waals surface area contributed by atoms with Crippen molar-refractivity contribution in [2.24, 2.45) is 0 Å². The molecule has 0 fully saturated rings. The molecule has 8 nitrogen and oxygen atoms in total. The largest absolute Gasteiger partial charge is 0.497 e. The van der Waals surface area contributed by atoms with E-state index < -0.39 is 0 Å². The molecule has 2 amide bonds. The summed E-state index contributed by atoms with van der Waals surface area (Å²) in [5.74, 6) is 1.14. The minimum Gasteiger partial charge on any atom is -0.497 e. The maximum atomic E-state index is 12.3. The van der Waals surface area contributed by atoms with E-state index in [0.29, 0.717) is 39.3 Å². The summed E-state index contributed by atoms with van der Waals surface area (Å²) in [6, 6.07) is 7.96. The Hall–Kier alpha value is -3.13. The summed E-state index contributed by atoms with van der Waals surface area (Å²) in [6.07, 6.45) is 0.0565. The van der Waals surface area contributed by atoms with Gasteiger partial charge in [0.1, 0.15) is 23.0 Å². The quantitative estimate of drug-likeness (QED) is 0.644. The molecule has 0 bridgehead atoms. The molecule has 0 radical (unpaired) electrons. The molecule has 2 aromatic rings. The van der Waals surface area contributed by atoms with Crippen molar-refractivity contribution >= 4 is 29.1 Å². The number of methoxy groups -OCH3 is 4. The van der Waals surface area contributed by atoms with Gasteiger partial charge in [0.05, 0.1) is 39.1 Å². The fourth-order valence-corrected chi connectivity index (χ4v) is 2.73. The van der Waals surface area contributed by atoms with E-state index in [1.807, 2.05) is 0 Å². The molecule has 2 rings (SSSR count). The van der Waals surface area contributed by atoms with Gasteiger partial charge in [0.15, 0.2) is 0 Å². The number of carbonyl (C=O) groups excluding carboxylic acids is 2. The highest BCUT2D eigenvalue weighted by Crippen LogP contribution is 2.35. The third-order valence-electron chi connectivity index (χ3n) is 4.00. The van der Waals surface area contributed by atoms with Gasteiger partial charge < -0.3 is 29.6 Å². The third kappa shape index (κ3) is 5.92. The number of halogens is 1. The van der Waals surface area contributed by atoms with E-state index >= 15 is 0 Å². The van der Waals surface area contributed by atoms with Crippen LogP contribution in [0.5, 0.6) is 23.0 Å². The minimum atomic E-state index is -0.347. The standard InChI is InChI=1S/C20H23ClN2O6/c1-26-13-7-12(8-14(9-13)27-2)20(25)22-6-5-19(24)23-16-11-17(28-3)15(21)10-18(16)29-4/h7-11H,5-6H2,1-4H3,(H,22,25)(H,23,24). The number of amides is 2. The van der Waals surface area contributed by atoms with Crippen LogP contribution in [0.15, 0.2) is 30.3 Å². The lowest BCUT2D eigenvalue weighted by Crippen LogP contribution is -2.27. The van der Waals surface area contributed by atoms with Gasteiger partial charge in [0.25, 0.3) is 5.91 Å². The van der Waals surface area contributed by atoms with Gasteiger partial charge in [0.2, 0.25) is 5.91 Å². The molecular formula is C20H23ClN2O6. The van der Waals surface area contributed by atoms with E-state index in [4.69, 9.17) is 30.5 Å². The molecule has 0 saturated heterocycles. The molecule has 29 heavy (non-hydrogen) atoms. The Labute approximate surface area is 174 Å². The van der Waals surface area contributed by atoms with Crippen molar-refractivity contribution in [2.75, 3.05) is 40.3 Å². The second kappa shape index (κ2) is 10.4. The second-order valence-corrected chi connectivity index (χ2v) is 6.25. The maximum absolute atomic E-state index is 12.3. The van der Waals surface area contributed by atoms with E-state index in [1.165, 1.54) is 28.4 Å². The van der Waals surface area contributed by atoms with Crippen LogP contribution in [0.1, 0.15) is 16.8 Å². The Morgan fingerprint density at radius 1 is 0.862 bits per heavy atom. The number of rotatable bonds is 9. The molecule has 0 unspecified atom stereocenters. The topological polar surface area (TPSA) is 95.1 Å². The molecule has 2 N–H and O–H groups in total. The maximum Gasteiger partial charge on any atom is 0.251 e. The Morgan fingerprint density at radius 3 is 2.03 bits per heavy atom. The summed E-state index contributed by atoms with van der Waals surface area (Å²) < 4.78 is 20.7. The van der Waals surface area contributed by atoms with Crippen molar-refractivity contribution in [3.8, 4) is 23.0 Å². The van der Waals surface area contributed by atoms with Gasteiger partial charge >= 0.3 is 0 Å². The average Bonchev–Trinajstić information content (AvgIpc) is 2.73. The summed E-state index contributed by atoms with van der Waals surface area (Å²) in [6.45, 7) is 0.136. The molecule has 0 spiro atoms. The van der Waals surface area contributed by atoms with Crippen LogP contribution in [0.25, 0.3) is 0 Å². The van der Waals surface area contributed by atoms with Crippen LogP contribution < -0.4 is 29.6 Å². The van der Waals surface area contributed by atoms with Crippen LogP contribution in [0.4, 0.5) is 5.69 Å². The highest BCUT2D eigenvalue weighted by atomic mass is 35.5. The number of anilines is 1. The molecule has 0 aliphatic heterocycles. The van der Waals surface area contributed by atoms with Gasteiger partial charge in [-0.2, -0.15) is 0 Å². The molecule has 0 aliphatic rings. The van der Waals surface area contributed by atoms with E-state index in [-0.39, 0.29) is 24.8 Å². The first-order valence-corrected chi connectivity index (χ1v) is 9.02. The molecular weight excluding hydrogens is 400 g/mol. The van der Waals surface area contributed by atoms with Gasteiger partial charge in [0, 0.05) is 36.7 Å². The lowest BCUT2D eigenvalue weighted by atomic mass is 10.2. The van der Waals surface area contributed by atoms with Crippen LogP contribution >= 0.6 is 11.6 Å². The molecule has 9 heteroatoms. The van der Waals surface area contributed by atoms with Crippen LogP contribution in [-0.2, 0) is 4.79 Å². The summed E-state index contributed by atoms with van der Waals surface area (Å²) in [4.78, 5) is 24.6. The molecule has 2 aromatic carbocycles. The van der Waals surface area contributed by atoms with Crippen molar-refractivity contribution < 1.29 is 28.5 Å². The monoisotopic (exact) mass is 422 g/mol. The summed E-state index contributed by atoms with van der Waals surface area (Å²) in [5.41, 5.74) is 0.785. The number of carbonyl (C=O) groups is 2. The third-order valence-corrected chi connectivity index (χ3v) is 4.29. The number of benzene rings is 2. The van der Waals surface area contributed by atoms with Gasteiger partial charge in [-0.3, -0.25) is 9.59 Å². The van der Waals surface area contributed by atoms with Crippen LogP contribution in [0, 0.1) is 0 Å². The van der Waals surface area contributed by atoms with E-state index in [1.54, 1.807) is 30.3 Å². The Morgan fingerprint density at radius 2 is 1.48 bits per heavy atom. The zero-order valence-corrected chi connectivity index (χ0v) is 17.4. The first-order chi connectivity index (χ1) is 13.9. The molecule has 0 aliphatic carbocycles. The van der Waals surface area contributed by atoms with Gasteiger partial charge in [-0.05, 0) is 12.1 Å². The zero-order valence-electron chi connectivity index (χ0n) is 16.6. The first-order valence-electron chi connectivity index (χ1n) is 8.64. The van der Waals surface area contributed by atoms with Gasteiger partial charge in [-0.1, -0.05) is 11.6 Å². The second-order valence-electron chi connectivity index (χ2n) is 5.84. The Balaban J connectivity index is 1.96. The van der Waals surface area contributed by atoms with Crippen molar-refractivity contribution in [2.45, 2.75) is 6.42 Å². The average molecular weight is 423 g/mol. The molecule has 0 heterocycles. The lowest BCUT2D eigenvalue weighted by Gasteiger charge is -2.13. The van der Waals surface area contributed by atoms with Crippen molar-refractivity contribution in [3.63, 3.8) is 0 Å². The van der Waals surface area contributed by atoms with Gasteiger partial charge in [-0.15, -0.1) is 0 Å². The van der Waals surface area contributed by atoms with Crippen LogP contribution in [-0.4, -0.2) is 46.8 Å². The van der Waals surface area contributed by atoms with Crippen LogP contribution in [0.3, 0.4) is 0 Å². The fraction of sp³-hybridized carbons (Fsp3) is 0.300. The van der Waals surface area contributed by atoms with Crippen molar-refractivity contribution in [3.05, 3.63) is 40.9 Å². The summed E-state index contributed by atoms with van der Waals surface area (Å²) in [5, 5.41) is 5.77. The predicted molar refractivity (Wildman–Crippen MR) is 110 cm³/mol. The lowest BCUT2D eigenvalue weighted by molar-refractivity contribution is -0.116. The van der Waals surface area contributed by atoms with E-state index in [0.717, 1.165) is 0 Å². The fourth-order valence-electron chi connectivity index (χ4n) is 2.50. The smallest absolute Gasteiger partial charge is 0.251 e. The highest BCUT2D eigenvalue weighted by molar-refractivity contribution is 6.32. The predicted octanol–water partition coefficient (Wildman–Crippen LogP) is 3.13. The van der Waals surface area contributed by atoms with E-state index in [9.17, 15) is 9.59 Å². The number of nitrogens with one attached hydrogen (secondary N) is 2. The van der Waals surface area contributed by atoms with Crippen molar-refractivity contribution in [1.82, 2.24) is 5.32 Å². The van der Waals surface area contributed by atoms with Crippen LogP contribution in [0.2, 0.25) is 5.02 Å². The van der Waals surface area contributed by atoms with Gasteiger partial charge in [-0.25, -0.2) is 0 Å². The molecule has 0 atom stereocenters. The Bertz CT molecular complexity index is 865. The number of hydrogen-bond donors (Lipinski definition) is 2. The highest BCUT2D eigenvalue weighted by Gasteiger charge is 2.14.